The highest BCUT2D eigenvalue weighted by Crippen LogP contribution is 2.26. The Morgan fingerprint density at radius 1 is 1.32 bits per heavy atom. The molecule has 2 rings (SSSR count). The predicted molar refractivity (Wildman–Crippen MR) is 84.1 cm³/mol. The van der Waals surface area contributed by atoms with Crippen LogP contribution in [0, 0.1) is 0 Å². The summed E-state index contributed by atoms with van der Waals surface area (Å²) in [4.78, 5) is 26.6. The molecule has 2 atom stereocenters. The lowest BCUT2D eigenvalue weighted by molar-refractivity contribution is -0.143. The van der Waals surface area contributed by atoms with Crippen LogP contribution in [-0.4, -0.2) is 41.0 Å². The van der Waals surface area contributed by atoms with Crippen LogP contribution in [0.15, 0.2) is 30.3 Å². The largest absolute Gasteiger partial charge is 0.396 e. The van der Waals surface area contributed by atoms with Crippen LogP contribution in [0.5, 0.6) is 0 Å². The van der Waals surface area contributed by atoms with E-state index in [1.807, 2.05) is 37.3 Å². The Morgan fingerprint density at radius 2 is 2.05 bits per heavy atom. The van der Waals surface area contributed by atoms with E-state index in [1.165, 1.54) is 0 Å². The Labute approximate surface area is 131 Å². The second kappa shape index (κ2) is 7.94. The third-order valence-electron chi connectivity index (χ3n) is 3.99. The minimum atomic E-state index is -0.588. The maximum Gasteiger partial charge on any atom is 0.247 e. The maximum atomic E-state index is 12.7. The van der Waals surface area contributed by atoms with Crippen LogP contribution in [0.2, 0.25) is 0 Å². The van der Waals surface area contributed by atoms with Crippen molar-refractivity contribution in [2.45, 2.75) is 44.7 Å². The molecule has 1 aliphatic heterocycles. The monoisotopic (exact) mass is 304 g/mol. The Balaban J connectivity index is 2.21. The number of nitrogens with zero attached hydrogens (tertiary/aromatic N) is 1. The average molecular weight is 304 g/mol. The molecule has 0 saturated carbocycles. The predicted octanol–water partition coefficient (Wildman–Crippen LogP) is 1.63. The van der Waals surface area contributed by atoms with Gasteiger partial charge < -0.3 is 15.3 Å². The first-order chi connectivity index (χ1) is 10.6. The molecule has 0 spiro atoms. The molecule has 22 heavy (non-hydrogen) atoms. The first kappa shape index (κ1) is 16.5. The Bertz CT molecular complexity index is 504. The standard InChI is InChI=1S/C17H24N2O3/c1-13(10-12-20)18-17(22)16(14-7-3-2-4-8-14)19-11-6-5-9-15(19)21/h2-4,7-8,13,16,20H,5-6,9-12H2,1H3,(H,18,22). The summed E-state index contributed by atoms with van der Waals surface area (Å²) in [7, 11) is 0. The smallest absolute Gasteiger partial charge is 0.247 e. The summed E-state index contributed by atoms with van der Waals surface area (Å²) in [5.41, 5.74) is 0.825. The van der Waals surface area contributed by atoms with Gasteiger partial charge in [-0.3, -0.25) is 9.59 Å². The number of carbonyl (C=O) groups excluding carboxylic acids is 2. The van der Waals surface area contributed by atoms with E-state index in [9.17, 15) is 9.59 Å². The van der Waals surface area contributed by atoms with Gasteiger partial charge in [0.05, 0.1) is 0 Å². The summed E-state index contributed by atoms with van der Waals surface area (Å²) in [6.07, 6.45) is 2.82. The molecule has 1 saturated heterocycles. The number of piperidine rings is 1. The van der Waals surface area contributed by atoms with Crippen molar-refractivity contribution < 1.29 is 14.7 Å². The zero-order valence-corrected chi connectivity index (χ0v) is 13.0. The van der Waals surface area contributed by atoms with Crippen LogP contribution in [0.3, 0.4) is 0 Å². The van der Waals surface area contributed by atoms with Gasteiger partial charge >= 0.3 is 0 Å². The summed E-state index contributed by atoms with van der Waals surface area (Å²) in [6, 6.07) is 8.69. The fourth-order valence-electron chi connectivity index (χ4n) is 2.80. The Morgan fingerprint density at radius 3 is 2.68 bits per heavy atom. The van der Waals surface area contributed by atoms with E-state index in [-0.39, 0.29) is 24.5 Å². The van der Waals surface area contributed by atoms with Gasteiger partial charge in [-0.15, -0.1) is 0 Å². The SMILES string of the molecule is CC(CCO)NC(=O)C(c1ccccc1)N1CCCCC1=O. The molecule has 0 radical (unpaired) electrons. The van der Waals surface area contributed by atoms with E-state index in [0.29, 0.717) is 19.4 Å². The number of hydrogen-bond acceptors (Lipinski definition) is 3. The van der Waals surface area contributed by atoms with Gasteiger partial charge in [0.15, 0.2) is 0 Å². The van der Waals surface area contributed by atoms with Crippen LogP contribution in [0.25, 0.3) is 0 Å². The van der Waals surface area contributed by atoms with Gasteiger partial charge in [-0.25, -0.2) is 0 Å². The number of nitrogens with one attached hydrogen (secondary N) is 1. The van der Waals surface area contributed by atoms with Gasteiger partial charge in [-0.05, 0) is 31.7 Å². The molecule has 0 aliphatic carbocycles. The molecular formula is C17H24N2O3. The summed E-state index contributed by atoms with van der Waals surface area (Å²) in [5.74, 6) is -0.146. The number of rotatable bonds is 6. The highest BCUT2D eigenvalue weighted by Gasteiger charge is 2.32. The van der Waals surface area contributed by atoms with Crippen LogP contribution in [0.1, 0.15) is 44.2 Å². The van der Waals surface area contributed by atoms with E-state index in [0.717, 1.165) is 18.4 Å². The fourth-order valence-corrected chi connectivity index (χ4v) is 2.80. The van der Waals surface area contributed by atoms with Crippen molar-refractivity contribution in [2.75, 3.05) is 13.2 Å². The number of aliphatic hydroxyl groups excluding tert-OH is 1. The van der Waals surface area contributed by atoms with Gasteiger partial charge in [0.25, 0.3) is 0 Å². The lowest BCUT2D eigenvalue weighted by atomic mass is 10.00. The molecule has 1 aliphatic rings. The molecule has 1 fully saturated rings. The topological polar surface area (TPSA) is 69.6 Å². The Hall–Kier alpha value is -1.88. The second-order valence-corrected chi connectivity index (χ2v) is 5.78. The number of likely N-dealkylation sites (tertiary alicyclic amines) is 1. The van der Waals surface area contributed by atoms with E-state index in [1.54, 1.807) is 4.90 Å². The third-order valence-corrected chi connectivity index (χ3v) is 3.99. The maximum absolute atomic E-state index is 12.7. The number of carbonyl (C=O) groups is 2. The highest BCUT2D eigenvalue weighted by atomic mass is 16.3. The molecule has 0 aromatic heterocycles. The van der Waals surface area contributed by atoms with Gasteiger partial charge in [0.1, 0.15) is 6.04 Å². The van der Waals surface area contributed by atoms with Gasteiger partial charge in [-0.2, -0.15) is 0 Å². The van der Waals surface area contributed by atoms with Crippen LogP contribution < -0.4 is 5.32 Å². The van der Waals surface area contributed by atoms with Gasteiger partial charge in [0.2, 0.25) is 11.8 Å². The van der Waals surface area contributed by atoms with Crippen LogP contribution in [-0.2, 0) is 9.59 Å². The van der Waals surface area contributed by atoms with Crippen molar-refractivity contribution in [1.29, 1.82) is 0 Å². The number of hydrogen-bond donors (Lipinski definition) is 2. The highest BCUT2D eigenvalue weighted by molar-refractivity contribution is 5.89. The lowest BCUT2D eigenvalue weighted by Gasteiger charge is -2.34. The molecule has 0 bridgehead atoms. The summed E-state index contributed by atoms with van der Waals surface area (Å²) < 4.78 is 0. The quantitative estimate of drug-likeness (QED) is 0.839. The first-order valence-corrected chi connectivity index (χ1v) is 7.89. The van der Waals surface area contributed by atoms with Crippen molar-refractivity contribution in [1.82, 2.24) is 10.2 Å². The third kappa shape index (κ3) is 4.07. The first-order valence-electron chi connectivity index (χ1n) is 7.89. The molecule has 2 amide bonds. The summed E-state index contributed by atoms with van der Waals surface area (Å²) in [5, 5.41) is 11.9. The molecule has 1 aromatic rings. The molecule has 5 heteroatoms. The van der Waals surface area contributed by atoms with E-state index < -0.39 is 6.04 Å². The number of benzene rings is 1. The van der Waals surface area contributed by atoms with Crippen LogP contribution >= 0.6 is 0 Å². The molecular weight excluding hydrogens is 280 g/mol. The molecule has 120 valence electrons. The molecule has 1 heterocycles. The van der Waals surface area contributed by atoms with Gasteiger partial charge in [0, 0.05) is 25.6 Å². The van der Waals surface area contributed by atoms with E-state index in [2.05, 4.69) is 5.32 Å². The molecule has 2 N–H and O–H groups in total. The van der Waals surface area contributed by atoms with Crippen molar-refractivity contribution in [3.63, 3.8) is 0 Å². The lowest BCUT2D eigenvalue weighted by Crippen LogP contribution is -2.47. The zero-order valence-electron chi connectivity index (χ0n) is 13.0. The average Bonchev–Trinajstić information content (AvgIpc) is 2.51. The zero-order chi connectivity index (χ0) is 15.9. The molecule has 1 aromatic carbocycles. The van der Waals surface area contributed by atoms with Crippen LogP contribution in [0.4, 0.5) is 0 Å². The van der Waals surface area contributed by atoms with Crippen molar-refractivity contribution in [2.24, 2.45) is 0 Å². The normalized spacial score (nSPS) is 17.9. The number of amides is 2. The van der Waals surface area contributed by atoms with Crippen molar-refractivity contribution in [3.05, 3.63) is 35.9 Å². The fraction of sp³-hybridized carbons (Fsp3) is 0.529. The Kier molecular flexibility index (Phi) is 5.95. The van der Waals surface area contributed by atoms with Crippen molar-refractivity contribution in [3.8, 4) is 0 Å². The molecule has 2 unspecified atom stereocenters. The van der Waals surface area contributed by atoms with E-state index in [4.69, 9.17) is 5.11 Å². The van der Waals surface area contributed by atoms with Crippen molar-refractivity contribution >= 4 is 11.8 Å². The summed E-state index contributed by atoms with van der Waals surface area (Å²) >= 11 is 0. The number of aliphatic hydroxyl groups is 1. The van der Waals surface area contributed by atoms with Gasteiger partial charge in [-0.1, -0.05) is 30.3 Å². The summed E-state index contributed by atoms with van der Waals surface area (Å²) in [6.45, 7) is 2.49. The second-order valence-electron chi connectivity index (χ2n) is 5.78. The minimum Gasteiger partial charge on any atom is -0.396 e. The molecule has 5 nitrogen and oxygen atoms in total. The van der Waals surface area contributed by atoms with E-state index >= 15 is 0 Å². The minimum absolute atomic E-state index is 0.0279.